The third-order valence-corrected chi connectivity index (χ3v) is 4.37. The van der Waals surface area contributed by atoms with Crippen molar-refractivity contribution >= 4 is 5.78 Å². The molecule has 0 radical (unpaired) electrons. The molecular formula is C14H12F4O2. The van der Waals surface area contributed by atoms with Gasteiger partial charge in [0.25, 0.3) is 0 Å². The highest BCUT2D eigenvalue weighted by atomic mass is 19.2. The van der Waals surface area contributed by atoms with Crippen LogP contribution in [0.4, 0.5) is 17.6 Å². The second-order valence-corrected chi connectivity index (χ2v) is 5.39. The van der Waals surface area contributed by atoms with Crippen LogP contribution in [0.15, 0.2) is 6.07 Å². The molecule has 0 bridgehead atoms. The van der Waals surface area contributed by atoms with Crippen molar-refractivity contribution in [3.8, 4) is 5.75 Å². The summed E-state index contributed by atoms with van der Waals surface area (Å²) in [6, 6.07) is 0.134. The fourth-order valence-electron chi connectivity index (χ4n) is 3.17. The monoisotopic (exact) mass is 288 g/mol. The van der Waals surface area contributed by atoms with Gasteiger partial charge in [0.15, 0.2) is 17.4 Å². The van der Waals surface area contributed by atoms with Gasteiger partial charge in [0, 0.05) is 12.5 Å². The van der Waals surface area contributed by atoms with Crippen LogP contribution < -0.4 is 4.74 Å². The molecule has 1 atom stereocenters. The summed E-state index contributed by atoms with van der Waals surface area (Å²) in [5, 5.41) is 0. The minimum absolute atomic E-state index is 0.00214. The lowest BCUT2D eigenvalue weighted by molar-refractivity contribution is -0.152. The summed E-state index contributed by atoms with van der Waals surface area (Å²) in [5.74, 6) is -7.20. The zero-order valence-electron chi connectivity index (χ0n) is 10.5. The first-order valence-corrected chi connectivity index (χ1v) is 6.48. The van der Waals surface area contributed by atoms with Crippen molar-refractivity contribution in [2.75, 3.05) is 0 Å². The van der Waals surface area contributed by atoms with Gasteiger partial charge in [0.1, 0.15) is 11.9 Å². The van der Waals surface area contributed by atoms with Gasteiger partial charge in [-0.05, 0) is 12.8 Å². The highest BCUT2D eigenvalue weighted by molar-refractivity contribution is 5.92. The predicted octanol–water partition coefficient (Wildman–Crippen LogP) is 3.52. The molecule has 0 heterocycles. The lowest BCUT2D eigenvalue weighted by Crippen LogP contribution is -2.55. The first kappa shape index (κ1) is 13.4. The van der Waals surface area contributed by atoms with Gasteiger partial charge < -0.3 is 4.74 Å². The molecule has 2 fully saturated rings. The zero-order chi connectivity index (χ0) is 14.5. The Morgan fingerprint density at radius 2 is 1.60 bits per heavy atom. The molecule has 2 aliphatic rings. The lowest BCUT2D eigenvalue weighted by atomic mass is 9.63. The van der Waals surface area contributed by atoms with Crippen molar-refractivity contribution < 1.29 is 27.1 Å². The zero-order valence-corrected chi connectivity index (χ0v) is 10.5. The highest BCUT2D eigenvalue weighted by Crippen LogP contribution is 2.52. The van der Waals surface area contributed by atoms with Gasteiger partial charge >= 0.3 is 0 Å². The number of carbonyl (C=O) groups excluding carboxylic acids is 1. The number of benzene rings is 1. The van der Waals surface area contributed by atoms with Crippen molar-refractivity contribution in [1.82, 2.24) is 0 Å². The van der Waals surface area contributed by atoms with Gasteiger partial charge in [-0.15, -0.1) is 0 Å². The van der Waals surface area contributed by atoms with Crippen LogP contribution >= 0.6 is 0 Å². The maximum atomic E-state index is 13.5. The van der Waals surface area contributed by atoms with Crippen LogP contribution in [0.1, 0.15) is 32.1 Å². The lowest BCUT2D eigenvalue weighted by Gasteiger charge is -2.44. The molecule has 1 aromatic carbocycles. The fraction of sp³-hybridized carbons (Fsp3) is 0.500. The minimum atomic E-state index is -1.56. The normalized spacial score (nSPS) is 24.0. The largest absolute Gasteiger partial charge is 0.483 e. The topological polar surface area (TPSA) is 26.3 Å². The Balaban J connectivity index is 1.91. The van der Waals surface area contributed by atoms with Crippen LogP contribution in [-0.4, -0.2) is 11.9 Å². The van der Waals surface area contributed by atoms with Gasteiger partial charge in [0.2, 0.25) is 11.6 Å². The van der Waals surface area contributed by atoms with Crippen molar-refractivity contribution in [3.05, 3.63) is 29.3 Å². The van der Waals surface area contributed by atoms with Crippen LogP contribution in [-0.2, 0) is 4.79 Å². The van der Waals surface area contributed by atoms with Crippen LogP contribution in [0, 0.1) is 28.7 Å². The van der Waals surface area contributed by atoms with E-state index >= 15 is 0 Å². The van der Waals surface area contributed by atoms with Gasteiger partial charge in [-0.25, -0.2) is 8.78 Å². The molecule has 2 saturated carbocycles. The average molecular weight is 288 g/mol. The number of carbonyl (C=O) groups is 1. The van der Waals surface area contributed by atoms with E-state index in [4.69, 9.17) is 4.74 Å². The Hall–Kier alpha value is -1.59. The van der Waals surface area contributed by atoms with E-state index in [-0.39, 0.29) is 18.3 Å². The molecule has 1 spiro atoms. The summed E-state index contributed by atoms with van der Waals surface area (Å²) >= 11 is 0. The molecule has 0 saturated heterocycles. The van der Waals surface area contributed by atoms with Crippen LogP contribution in [0.5, 0.6) is 5.75 Å². The Morgan fingerprint density at radius 1 is 1.05 bits per heavy atom. The second-order valence-electron chi connectivity index (χ2n) is 5.39. The molecule has 108 valence electrons. The fourth-order valence-corrected chi connectivity index (χ4v) is 3.17. The molecule has 2 aliphatic carbocycles. The maximum absolute atomic E-state index is 13.5. The van der Waals surface area contributed by atoms with Gasteiger partial charge in [-0.2, -0.15) is 8.78 Å². The van der Waals surface area contributed by atoms with E-state index in [1.165, 1.54) is 0 Å². The van der Waals surface area contributed by atoms with Crippen LogP contribution in [0.3, 0.4) is 0 Å². The Kier molecular flexibility index (Phi) is 2.99. The van der Waals surface area contributed by atoms with Gasteiger partial charge in [0.05, 0.1) is 5.41 Å². The first-order valence-electron chi connectivity index (χ1n) is 6.48. The molecule has 0 aromatic heterocycles. The Morgan fingerprint density at radius 3 is 2.10 bits per heavy atom. The number of halogens is 4. The van der Waals surface area contributed by atoms with Gasteiger partial charge in [-0.3, -0.25) is 4.79 Å². The van der Waals surface area contributed by atoms with Crippen molar-refractivity contribution in [2.45, 2.75) is 38.2 Å². The molecule has 20 heavy (non-hydrogen) atoms. The molecule has 1 aromatic rings. The third kappa shape index (κ3) is 1.73. The summed E-state index contributed by atoms with van der Waals surface area (Å²) in [6.07, 6.45) is 2.19. The summed E-state index contributed by atoms with van der Waals surface area (Å²) in [6.45, 7) is 0. The van der Waals surface area contributed by atoms with Crippen molar-refractivity contribution in [1.29, 1.82) is 0 Å². The Bertz CT molecular complexity index is 553. The average Bonchev–Trinajstić information content (AvgIpc) is 2.92. The number of hydrogen-bond acceptors (Lipinski definition) is 2. The Labute approximate surface area is 112 Å². The van der Waals surface area contributed by atoms with Crippen LogP contribution in [0.25, 0.3) is 0 Å². The molecule has 3 rings (SSSR count). The number of hydrogen-bond donors (Lipinski definition) is 0. The van der Waals surface area contributed by atoms with E-state index in [1.807, 2.05) is 0 Å². The van der Waals surface area contributed by atoms with E-state index in [1.54, 1.807) is 0 Å². The summed E-state index contributed by atoms with van der Waals surface area (Å²) in [5.41, 5.74) is -0.721. The molecule has 1 unspecified atom stereocenters. The number of rotatable bonds is 2. The van der Waals surface area contributed by atoms with Gasteiger partial charge in [-0.1, -0.05) is 12.8 Å². The molecule has 0 amide bonds. The van der Waals surface area contributed by atoms with Crippen LogP contribution in [0.2, 0.25) is 0 Å². The maximum Gasteiger partial charge on any atom is 0.203 e. The van der Waals surface area contributed by atoms with E-state index in [0.29, 0.717) is 12.8 Å². The van der Waals surface area contributed by atoms with E-state index in [0.717, 1.165) is 12.8 Å². The molecular weight excluding hydrogens is 276 g/mol. The van der Waals surface area contributed by atoms with Crippen molar-refractivity contribution in [2.24, 2.45) is 5.41 Å². The number of Topliss-reactive ketones (excluding diaryl/α,β-unsaturated/α-hetero) is 1. The second kappa shape index (κ2) is 4.46. The molecule has 6 heteroatoms. The molecule has 0 aliphatic heterocycles. The van der Waals surface area contributed by atoms with Crippen molar-refractivity contribution in [3.63, 3.8) is 0 Å². The van der Waals surface area contributed by atoms with E-state index in [9.17, 15) is 22.4 Å². The van der Waals surface area contributed by atoms with E-state index in [2.05, 4.69) is 0 Å². The number of ketones is 1. The van der Waals surface area contributed by atoms with E-state index < -0.39 is 40.5 Å². The quantitative estimate of drug-likeness (QED) is 0.615. The molecule has 0 N–H and O–H groups in total. The molecule has 2 nitrogen and oxygen atoms in total. The standard InChI is InChI=1S/C14H12F4O2/c15-7-5-8(16)12(18)13(11(7)17)20-10-6-9(19)14(10)3-1-2-4-14/h5,10H,1-4,6H2. The summed E-state index contributed by atoms with van der Waals surface area (Å²) in [7, 11) is 0. The minimum Gasteiger partial charge on any atom is -0.483 e. The smallest absolute Gasteiger partial charge is 0.203 e. The predicted molar refractivity (Wildman–Crippen MR) is 61.2 cm³/mol. The number of ether oxygens (including phenoxy) is 1. The summed E-state index contributed by atoms with van der Waals surface area (Å²) in [4.78, 5) is 11.7. The highest BCUT2D eigenvalue weighted by Gasteiger charge is 2.57. The first-order chi connectivity index (χ1) is 9.45. The summed E-state index contributed by atoms with van der Waals surface area (Å²) < 4.78 is 58.4. The third-order valence-electron chi connectivity index (χ3n) is 4.37. The SMILES string of the molecule is O=C1CC(Oc2c(F)c(F)cc(F)c2F)C12CCCC2.